The second-order valence-electron chi connectivity index (χ2n) is 4.16. The molecule has 4 nitrogen and oxygen atoms in total. The van der Waals surface area contributed by atoms with E-state index in [4.69, 9.17) is 11.6 Å². The molecule has 1 fully saturated rings. The first kappa shape index (κ1) is 15.1. The van der Waals surface area contributed by atoms with Crippen molar-refractivity contribution in [2.45, 2.75) is 12.5 Å². The fraction of sp³-hybridized carbons (Fsp3) is 0.417. The summed E-state index contributed by atoms with van der Waals surface area (Å²) >= 11 is 5.78. The number of hydrogen-bond donors (Lipinski definition) is 2. The van der Waals surface area contributed by atoms with Crippen molar-refractivity contribution in [3.05, 3.63) is 29.3 Å². The van der Waals surface area contributed by atoms with Crippen LogP contribution in [0.3, 0.4) is 0 Å². The number of rotatable bonds is 2. The Labute approximate surface area is 118 Å². The molecule has 1 aromatic rings. The maximum absolute atomic E-state index is 11.9. The minimum absolute atomic E-state index is 0. The van der Waals surface area contributed by atoms with Crippen LogP contribution in [0.5, 0.6) is 0 Å². The molecular weight excluding hydrogens is 273 g/mol. The monoisotopic (exact) mass is 289 g/mol. The van der Waals surface area contributed by atoms with Gasteiger partial charge in [-0.05, 0) is 37.7 Å². The van der Waals surface area contributed by atoms with Crippen molar-refractivity contribution in [3.63, 3.8) is 0 Å². The van der Waals surface area contributed by atoms with Crippen molar-refractivity contribution < 1.29 is 4.79 Å². The number of carbonyl (C=O) groups excluding carboxylic acids is 1. The number of hydrogen-bond acceptors (Lipinski definition) is 2. The lowest BCUT2D eigenvalue weighted by atomic mass is 10.3. The molecule has 0 aliphatic carbocycles. The highest BCUT2D eigenvalue weighted by molar-refractivity contribution is 6.30. The maximum Gasteiger partial charge on any atom is 0.321 e. The molecule has 6 heteroatoms. The Balaban J connectivity index is 0.00000162. The van der Waals surface area contributed by atoms with Crippen LogP contribution < -0.4 is 10.6 Å². The number of nitrogens with zero attached hydrogens (tertiary/aromatic N) is 1. The highest BCUT2D eigenvalue weighted by Gasteiger charge is 2.24. The first-order valence-corrected chi connectivity index (χ1v) is 6.05. The summed E-state index contributed by atoms with van der Waals surface area (Å²) in [6, 6.07) is 7.48. The molecule has 0 unspecified atom stereocenters. The number of nitrogens with one attached hydrogen (secondary N) is 2. The van der Waals surface area contributed by atoms with Gasteiger partial charge in [0.15, 0.2) is 0 Å². The fourth-order valence-corrected chi connectivity index (χ4v) is 2.04. The predicted octanol–water partition coefficient (Wildman–Crippen LogP) is 2.59. The van der Waals surface area contributed by atoms with E-state index in [1.165, 1.54) is 0 Å². The van der Waals surface area contributed by atoms with Crippen LogP contribution in [0.4, 0.5) is 10.5 Å². The van der Waals surface area contributed by atoms with E-state index in [1.807, 2.05) is 11.9 Å². The average molecular weight is 290 g/mol. The molecular formula is C12H17Cl2N3O. The Bertz CT molecular complexity index is 397. The van der Waals surface area contributed by atoms with Crippen LogP contribution in [-0.4, -0.2) is 37.1 Å². The summed E-state index contributed by atoms with van der Waals surface area (Å²) < 4.78 is 0. The van der Waals surface area contributed by atoms with Crippen molar-refractivity contribution in [2.75, 3.05) is 25.5 Å². The normalized spacial score (nSPS) is 18.3. The summed E-state index contributed by atoms with van der Waals surface area (Å²) in [5.74, 6) is 0. The molecule has 1 saturated heterocycles. The SMILES string of the molecule is CN[C@@H]1CCN(C(=O)Nc2ccc(Cl)cc2)C1.Cl. The van der Waals surface area contributed by atoms with E-state index in [1.54, 1.807) is 24.3 Å². The molecule has 0 bridgehead atoms. The Morgan fingerprint density at radius 2 is 2.06 bits per heavy atom. The van der Waals surface area contributed by atoms with E-state index < -0.39 is 0 Å². The third-order valence-corrected chi connectivity index (χ3v) is 3.23. The van der Waals surface area contributed by atoms with Crippen LogP contribution in [0.2, 0.25) is 5.02 Å². The molecule has 2 N–H and O–H groups in total. The molecule has 1 atom stereocenters. The van der Waals surface area contributed by atoms with Gasteiger partial charge in [0.1, 0.15) is 0 Å². The van der Waals surface area contributed by atoms with E-state index in [-0.39, 0.29) is 18.4 Å². The largest absolute Gasteiger partial charge is 0.323 e. The molecule has 100 valence electrons. The van der Waals surface area contributed by atoms with Gasteiger partial charge >= 0.3 is 6.03 Å². The van der Waals surface area contributed by atoms with E-state index in [0.717, 1.165) is 25.2 Å². The fourth-order valence-electron chi connectivity index (χ4n) is 1.92. The number of likely N-dealkylation sites (N-methyl/N-ethyl adjacent to an activating group) is 1. The van der Waals surface area contributed by atoms with Gasteiger partial charge in [-0.25, -0.2) is 4.79 Å². The second kappa shape index (κ2) is 6.83. The number of anilines is 1. The third-order valence-electron chi connectivity index (χ3n) is 2.98. The molecule has 1 aliphatic rings. The van der Waals surface area contributed by atoms with Crippen molar-refractivity contribution in [2.24, 2.45) is 0 Å². The van der Waals surface area contributed by atoms with E-state index >= 15 is 0 Å². The molecule has 2 rings (SSSR count). The van der Waals surface area contributed by atoms with Gasteiger partial charge in [0.05, 0.1) is 0 Å². The predicted molar refractivity (Wildman–Crippen MR) is 76.8 cm³/mol. The summed E-state index contributed by atoms with van der Waals surface area (Å²) in [6.07, 6.45) is 1.00. The van der Waals surface area contributed by atoms with E-state index in [2.05, 4.69) is 10.6 Å². The molecule has 0 radical (unpaired) electrons. The number of carbonyl (C=O) groups is 1. The van der Waals surface area contributed by atoms with Crippen LogP contribution in [0.1, 0.15) is 6.42 Å². The van der Waals surface area contributed by atoms with E-state index in [9.17, 15) is 4.79 Å². The topological polar surface area (TPSA) is 44.4 Å². The Kier molecular flexibility index (Phi) is 5.72. The molecule has 0 aromatic heterocycles. The summed E-state index contributed by atoms with van der Waals surface area (Å²) in [6.45, 7) is 1.56. The van der Waals surface area contributed by atoms with Crippen LogP contribution in [0.25, 0.3) is 0 Å². The Morgan fingerprint density at radius 3 is 2.61 bits per heavy atom. The molecule has 1 aliphatic heterocycles. The zero-order valence-corrected chi connectivity index (χ0v) is 11.7. The molecule has 1 heterocycles. The number of benzene rings is 1. The lowest BCUT2D eigenvalue weighted by Gasteiger charge is -2.17. The minimum atomic E-state index is -0.0509. The molecule has 0 saturated carbocycles. The van der Waals surface area contributed by atoms with Crippen molar-refractivity contribution >= 4 is 35.7 Å². The Morgan fingerprint density at radius 1 is 1.39 bits per heavy atom. The molecule has 2 amide bonds. The van der Waals surface area contributed by atoms with Crippen molar-refractivity contribution in [3.8, 4) is 0 Å². The first-order valence-electron chi connectivity index (χ1n) is 5.68. The zero-order valence-electron chi connectivity index (χ0n) is 10.1. The third kappa shape index (κ3) is 3.77. The van der Waals surface area contributed by atoms with Crippen LogP contribution in [-0.2, 0) is 0 Å². The molecule has 0 spiro atoms. The van der Waals surface area contributed by atoms with Crippen LogP contribution in [0.15, 0.2) is 24.3 Å². The van der Waals surface area contributed by atoms with Gasteiger partial charge < -0.3 is 15.5 Å². The summed E-state index contributed by atoms with van der Waals surface area (Å²) in [7, 11) is 1.92. The summed E-state index contributed by atoms with van der Waals surface area (Å²) in [5.41, 5.74) is 0.771. The smallest absolute Gasteiger partial charge is 0.321 e. The highest BCUT2D eigenvalue weighted by atomic mass is 35.5. The van der Waals surface area contributed by atoms with Gasteiger partial charge in [0.2, 0.25) is 0 Å². The van der Waals surface area contributed by atoms with Gasteiger partial charge in [0, 0.05) is 29.8 Å². The number of urea groups is 1. The minimum Gasteiger partial charge on any atom is -0.323 e. The summed E-state index contributed by atoms with van der Waals surface area (Å²) in [4.78, 5) is 13.7. The highest BCUT2D eigenvalue weighted by Crippen LogP contribution is 2.15. The van der Waals surface area contributed by atoms with E-state index in [0.29, 0.717) is 11.1 Å². The standard InChI is InChI=1S/C12H16ClN3O.ClH/c1-14-11-6-7-16(8-11)12(17)15-10-4-2-9(13)3-5-10;/h2-5,11,14H,6-8H2,1H3,(H,15,17);1H/t11-;/m1./s1. The lowest BCUT2D eigenvalue weighted by Crippen LogP contribution is -2.36. The second-order valence-corrected chi connectivity index (χ2v) is 4.59. The van der Waals surface area contributed by atoms with Gasteiger partial charge in [-0.1, -0.05) is 11.6 Å². The number of amides is 2. The average Bonchev–Trinajstić information content (AvgIpc) is 2.81. The first-order chi connectivity index (χ1) is 8.19. The van der Waals surface area contributed by atoms with Gasteiger partial charge in [-0.2, -0.15) is 0 Å². The molecule has 1 aromatic carbocycles. The Hall–Kier alpha value is -0.970. The van der Waals surface area contributed by atoms with Crippen molar-refractivity contribution in [1.29, 1.82) is 0 Å². The van der Waals surface area contributed by atoms with Gasteiger partial charge in [-0.3, -0.25) is 0 Å². The van der Waals surface area contributed by atoms with Crippen LogP contribution in [0, 0.1) is 0 Å². The number of halogens is 2. The number of likely N-dealkylation sites (tertiary alicyclic amines) is 1. The van der Waals surface area contributed by atoms with Crippen molar-refractivity contribution in [1.82, 2.24) is 10.2 Å². The van der Waals surface area contributed by atoms with Crippen LogP contribution >= 0.6 is 24.0 Å². The quantitative estimate of drug-likeness (QED) is 0.879. The lowest BCUT2D eigenvalue weighted by molar-refractivity contribution is 0.221. The molecule has 18 heavy (non-hydrogen) atoms. The van der Waals surface area contributed by atoms with Gasteiger partial charge in [0.25, 0.3) is 0 Å². The maximum atomic E-state index is 11.9. The van der Waals surface area contributed by atoms with Gasteiger partial charge in [-0.15, -0.1) is 12.4 Å². The zero-order chi connectivity index (χ0) is 12.3. The summed E-state index contributed by atoms with van der Waals surface area (Å²) in [5, 5.41) is 6.70.